The van der Waals surface area contributed by atoms with Gasteiger partial charge in [0.2, 0.25) is 5.91 Å². The average molecular weight is 331 g/mol. The maximum absolute atomic E-state index is 12.3. The van der Waals surface area contributed by atoms with Crippen molar-refractivity contribution in [2.24, 2.45) is 5.41 Å². The lowest BCUT2D eigenvalue weighted by atomic mass is 9.95. The molecule has 0 aliphatic heterocycles. The summed E-state index contributed by atoms with van der Waals surface area (Å²) in [6.45, 7) is 5.49. The van der Waals surface area contributed by atoms with E-state index >= 15 is 0 Å². The van der Waals surface area contributed by atoms with Crippen LogP contribution in [0.1, 0.15) is 31.1 Å². The summed E-state index contributed by atoms with van der Waals surface area (Å²) in [6, 6.07) is 13.8. The Labute approximate surface area is 140 Å². The molecular formula is C18H19ClN2O2. The Morgan fingerprint density at radius 1 is 0.957 bits per heavy atom. The van der Waals surface area contributed by atoms with Crippen molar-refractivity contribution in [3.8, 4) is 0 Å². The molecule has 0 saturated carbocycles. The number of para-hydroxylation sites is 1. The Kier molecular flexibility index (Phi) is 5.06. The third-order valence-corrected chi connectivity index (χ3v) is 3.52. The highest BCUT2D eigenvalue weighted by Gasteiger charge is 2.21. The van der Waals surface area contributed by atoms with Crippen molar-refractivity contribution in [1.29, 1.82) is 0 Å². The van der Waals surface area contributed by atoms with Gasteiger partial charge in [0.05, 0.1) is 10.7 Å². The standard InChI is InChI=1S/C18H19ClN2O2/c1-18(2,3)17(23)20-13-8-6-7-12(11-13)16(22)21-15-10-5-4-9-14(15)19/h4-11H,1-3H3,(H,20,23)(H,21,22). The SMILES string of the molecule is CC(C)(C)C(=O)Nc1cccc(C(=O)Nc2ccccc2Cl)c1. The molecular weight excluding hydrogens is 312 g/mol. The molecule has 0 fully saturated rings. The van der Waals surface area contributed by atoms with Crippen LogP contribution in [-0.4, -0.2) is 11.8 Å². The normalized spacial score (nSPS) is 11.0. The molecule has 0 aliphatic carbocycles. The van der Waals surface area contributed by atoms with Gasteiger partial charge in [0.1, 0.15) is 0 Å². The molecule has 0 aliphatic rings. The van der Waals surface area contributed by atoms with Gasteiger partial charge < -0.3 is 10.6 Å². The maximum atomic E-state index is 12.3. The van der Waals surface area contributed by atoms with Crippen LogP contribution in [0.2, 0.25) is 5.02 Å². The van der Waals surface area contributed by atoms with E-state index in [2.05, 4.69) is 10.6 Å². The molecule has 0 radical (unpaired) electrons. The fourth-order valence-electron chi connectivity index (χ4n) is 1.81. The summed E-state index contributed by atoms with van der Waals surface area (Å²) < 4.78 is 0. The molecule has 120 valence electrons. The van der Waals surface area contributed by atoms with E-state index in [4.69, 9.17) is 11.6 Å². The van der Waals surface area contributed by atoms with Gasteiger partial charge in [-0.05, 0) is 30.3 Å². The molecule has 2 aromatic carbocycles. The minimum absolute atomic E-state index is 0.110. The van der Waals surface area contributed by atoms with E-state index < -0.39 is 5.41 Å². The Morgan fingerprint density at radius 2 is 1.65 bits per heavy atom. The molecule has 2 amide bonds. The lowest BCUT2D eigenvalue weighted by molar-refractivity contribution is -0.123. The molecule has 23 heavy (non-hydrogen) atoms. The topological polar surface area (TPSA) is 58.2 Å². The summed E-state index contributed by atoms with van der Waals surface area (Å²) in [5.74, 6) is -0.397. The number of nitrogens with one attached hydrogen (secondary N) is 2. The van der Waals surface area contributed by atoms with Gasteiger partial charge in [-0.3, -0.25) is 9.59 Å². The van der Waals surface area contributed by atoms with Crippen LogP contribution >= 0.6 is 11.6 Å². The molecule has 0 bridgehead atoms. The van der Waals surface area contributed by atoms with Crippen LogP contribution in [0.3, 0.4) is 0 Å². The van der Waals surface area contributed by atoms with Gasteiger partial charge in [-0.1, -0.05) is 50.6 Å². The minimum atomic E-state index is -0.504. The van der Waals surface area contributed by atoms with Gasteiger partial charge in [-0.15, -0.1) is 0 Å². The molecule has 0 unspecified atom stereocenters. The monoisotopic (exact) mass is 330 g/mol. The van der Waals surface area contributed by atoms with Crippen molar-refractivity contribution < 1.29 is 9.59 Å². The first-order valence-electron chi connectivity index (χ1n) is 7.25. The van der Waals surface area contributed by atoms with Crippen molar-refractivity contribution in [2.45, 2.75) is 20.8 Å². The first-order chi connectivity index (χ1) is 10.8. The van der Waals surface area contributed by atoms with Gasteiger partial charge in [-0.2, -0.15) is 0 Å². The second kappa shape index (κ2) is 6.84. The van der Waals surface area contributed by atoms with Crippen molar-refractivity contribution in [1.82, 2.24) is 0 Å². The molecule has 0 atom stereocenters. The smallest absolute Gasteiger partial charge is 0.255 e. The summed E-state index contributed by atoms with van der Waals surface area (Å²) >= 11 is 6.03. The van der Waals surface area contributed by atoms with Crippen molar-refractivity contribution in [3.05, 3.63) is 59.1 Å². The molecule has 5 heteroatoms. The second-order valence-electron chi connectivity index (χ2n) is 6.22. The molecule has 0 saturated heterocycles. The summed E-state index contributed by atoms with van der Waals surface area (Å²) in [6.07, 6.45) is 0. The number of amides is 2. The van der Waals surface area contributed by atoms with Crippen LogP contribution in [0.5, 0.6) is 0 Å². The minimum Gasteiger partial charge on any atom is -0.326 e. The molecule has 0 heterocycles. The van der Waals surface area contributed by atoms with Crippen molar-refractivity contribution in [3.63, 3.8) is 0 Å². The quantitative estimate of drug-likeness (QED) is 0.865. The summed E-state index contributed by atoms with van der Waals surface area (Å²) in [5, 5.41) is 6.03. The third kappa shape index (κ3) is 4.57. The highest BCUT2D eigenvalue weighted by Crippen LogP contribution is 2.22. The number of halogens is 1. The number of rotatable bonds is 3. The molecule has 2 rings (SSSR count). The van der Waals surface area contributed by atoms with E-state index in [0.717, 1.165) is 0 Å². The fraction of sp³-hybridized carbons (Fsp3) is 0.222. The number of carbonyl (C=O) groups excluding carboxylic acids is 2. The number of benzene rings is 2. The van der Waals surface area contributed by atoms with Crippen molar-refractivity contribution >= 4 is 34.8 Å². The molecule has 0 spiro atoms. The molecule has 2 N–H and O–H groups in total. The number of carbonyl (C=O) groups is 2. The van der Waals surface area contributed by atoms with E-state index in [1.165, 1.54) is 0 Å². The zero-order valence-electron chi connectivity index (χ0n) is 13.3. The van der Waals surface area contributed by atoms with Crippen LogP contribution in [-0.2, 0) is 4.79 Å². The zero-order valence-corrected chi connectivity index (χ0v) is 14.1. The van der Waals surface area contributed by atoms with Gasteiger partial charge in [0, 0.05) is 16.7 Å². The van der Waals surface area contributed by atoms with Crippen LogP contribution in [0, 0.1) is 5.41 Å². The van der Waals surface area contributed by atoms with Crippen LogP contribution in [0.4, 0.5) is 11.4 Å². The van der Waals surface area contributed by atoms with Crippen molar-refractivity contribution in [2.75, 3.05) is 10.6 Å². The number of anilines is 2. The van der Waals surface area contributed by atoms with Crippen LogP contribution < -0.4 is 10.6 Å². The predicted octanol–water partition coefficient (Wildman–Crippen LogP) is 4.58. The molecule has 4 nitrogen and oxygen atoms in total. The highest BCUT2D eigenvalue weighted by atomic mass is 35.5. The van der Waals surface area contributed by atoms with E-state index in [9.17, 15) is 9.59 Å². The lowest BCUT2D eigenvalue weighted by Gasteiger charge is -2.18. The average Bonchev–Trinajstić information content (AvgIpc) is 2.49. The van der Waals surface area contributed by atoms with Gasteiger partial charge >= 0.3 is 0 Å². The summed E-state index contributed by atoms with van der Waals surface area (Å²) in [5.41, 5.74) is 1.06. The summed E-state index contributed by atoms with van der Waals surface area (Å²) in [4.78, 5) is 24.3. The molecule has 2 aromatic rings. The zero-order chi connectivity index (χ0) is 17.0. The Morgan fingerprint density at radius 3 is 2.30 bits per heavy atom. The Hall–Kier alpha value is -2.33. The Balaban J connectivity index is 2.15. The first-order valence-corrected chi connectivity index (χ1v) is 7.62. The van der Waals surface area contributed by atoms with Gasteiger partial charge in [-0.25, -0.2) is 0 Å². The number of hydrogen-bond donors (Lipinski definition) is 2. The number of hydrogen-bond acceptors (Lipinski definition) is 2. The molecule has 0 aromatic heterocycles. The van der Waals surface area contributed by atoms with Crippen LogP contribution in [0.25, 0.3) is 0 Å². The van der Waals surface area contributed by atoms with E-state index in [1.807, 2.05) is 20.8 Å². The summed E-state index contributed by atoms with van der Waals surface area (Å²) in [7, 11) is 0. The van der Waals surface area contributed by atoms with Crippen LogP contribution in [0.15, 0.2) is 48.5 Å². The Bertz CT molecular complexity index is 736. The van der Waals surface area contributed by atoms with Gasteiger partial charge in [0.25, 0.3) is 5.91 Å². The van der Waals surface area contributed by atoms with Gasteiger partial charge in [0.15, 0.2) is 0 Å². The highest BCUT2D eigenvalue weighted by molar-refractivity contribution is 6.33. The van der Waals surface area contributed by atoms with E-state index in [1.54, 1.807) is 48.5 Å². The van der Waals surface area contributed by atoms with E-state index in [0.29, 0.717) is 22.0 Å². The second-order valence-corrected chi connectivity index (χ2v) is 6.63. The van der Waals surface area contributed by atoms with E-state index in [-0.39, 0.29) is 11.8 Å². The fourth-order valence-corrected chi connectivity index (χ4v) is 2.00. The maximum Gasteiger partial charge on any atom is 0.255 e. The predicted molar refractivity (Wildman–Crippen MR) is 93.9 cm³/mol. The lowest BCUT2D eigenvalue weighted by Crippen LogP contribution is -2.27. The first kappa shape index (κ1) is 17.0. The largest absolute Gasteiger partial charge is 0.326 e. The third-order valence-electron chi connectivity index (χ3n) is 3.19.